The first-order valence-electron chi connectivity index (χ1n) is 10.4. The average Bonchev–Trinajstić information content (AvgIpc) is 3.31. The fourth-order valence-corrected chi connectivity index (χ4v) is 4.17. The second-order valence-electron chi connectivity index (χ2n) is 7.38. The predicted molar refractivity (Wildman–Crippen MR) is 121 cm³/mol. The van der Waals surface area contributed by atoms with Gasteiger partial charge in [-0.3, -0.25) is 9.69 Å². The van der Waals surface area contributed by atoms with E-state index >= 15 is 0 Å². The third kappa shape index (κ3) is 6.06. The Bertz CT molecular complexity index is 998. The molecule has 1 atom stereocenters. The molecule has 1 unspecified atom stereocenters. The minimum Gasteiger partial charge on any atom is -0.497 e. The lowest BCUT2D eigenvalue weighted by atomic mass is 10.2. The predicted octanol–water partition coefficient (Wildman–Crippen LogP) is 1.78. The molecule has 1 N–H and O–H groups in total. The number of hydrogen-bond donors (Lipinski definition) is 1. The van der Waals surface area contributed by atoms with Gasteiger partial charge in [-0.05, 0) is 40.3 Å². The summed E-state index contributed by atoms with van der Waals surface area (Å²) >= 11 is 1.29. The normalized spacial score (nSPS) is 16.6. The molecule has 0 bridgehead atoms. The van der Waals surface area contributed by atoms with Crippen molar-refractivity contribution >= 4 is 17.7 Å². The highest BCUT2D eigenvalue weighted by Crippen LogP contribution is 2.20. The van der Waals surface area contributed by atoms with E-state index in [2.05, 4.69) is 50.0 Å². The van der Waals surface area contributed by atoms with Crippen LogP contribution in [0.4, 0.5) is 0 Å². The molecule has 1 fully saturated rings. The van der Waals surface area contributed by atoms with E-state index in [1.54, 1.807) is 11.8 Å². The minimum absolute atomic E-state index is 0.0222. The van der Waals surface area contributed by atoms with Crippen LogP contribution in [0, 0.1) is 0 Å². The second-order valence-corrected chi connectivity index (χ2v) is 8.32. The van der Waals surface area contributed by atoms with Crippen LogP contribution in [0.25, 0.3) is 5.69 Å². The smallest absolute Gasteiger partial charge is 0.230 e. The highest BCUT2D eigenvalue weighted by molar-refractivity contribution is 7.99. The zero-order chi connectivity index (χ0) is 22.2. The summed E-state index contributed by atoms with van der Waals surface area (Å²) in [5.74, 6) is 0.891. The van der Waals surface area contributed by atoms with Gasteiger partial charge in [0.25, 0.3) is 0 Å². The van der Waals surface area contributed by atoms with E-state index in [1.165, 1.54) is 17.3 Å². The first-order chi connectivity index (χ1) is 15.7. The first-order valence-corrected chi connectivity index (χ1v) is 11.4. The Balaban J connectivity index is 1.23. The lowest BCUT2D eigenvalue weighted by Crippen LogP contribution is -2.47. The Morgan fingerprint density at radius 2 is 2.03 bits per heavy atom. The molecule has 1 aliphatic heterocycles. The van der Waals surface area contributed by atoms with Gasteiger partial charge in [-0.2, -0.15) is 4.68 Å². The van der Waals surface area contributed by atoms with E-state index < -0.39 is 0 Å². The number of rotatable bonds is 9. The SMILES string of the molecule is COc1ccc(-n2nnnc2SCC(=O)NCC2CN(Cc3ccccc3)CCO2)cc1. The van der Waals surface area contributed by atoms with Gasteiger partial charge in [-0.15, -0.1) is 5.10 Å². The van der Waals surface area contributed by atoms with Crippen molar-refractivity contribution in [2.75, 3.05) is 39.1 Å². The molecule has 0 saturated carbocycles. The number of tetrazole rings is 1. The molecular weight excluding hydrogens is 428 g/mol. The summed E-state index contributed by atoms with van der Waals surface area (Å²) < 4.78 is 12.6. The molecule has 32 heavy (non-hydrogen) atoms. The van der Waals surface area contributed by atoms with Crippen molar-refractivity contribution in [1.82, 2.24) is 30.4 Å². The van der Waals surface area contributed by atoms with Crippen molar-refractivity contribution in [3.8, 4) is 11.4 Å². The molecule has 0 radical (unpaired) electrons. The number of aromatic nitrogens is 4. The molecule has 1 amide bonds. The van der Waals surface area contributed by atoms with Crippen LogP contribution in [-0.2, 0) is 16.1 Å². The number of hydrogen-bond acceptors (Lipinski definition) is 8. The number of benzene rings is 2. The highest BCUT2D eigenvalue weighted by atomic mass is 32.2. The summed E-state index contributed by atoms with van der Waals surface area (Å²) in [6.45, 7) is 3.71. The molecule has 1 aliphatic rings. The molecular formula is C22H26N6O3S. The van der Waals surface area contributed by atoms with Crippen LogP contribution in [0.1, 0.15) is 5.56 Å². The maximum Gasteiger partial charge on any atom is 0.230 e. The summed E-state index contributed by atoms with van der Waals surface area (Å²) in [6, 6.07) is 17.8. The van der Waals surface area contributed by atoms with E-state index in [9.17, 15) is 4.79 Å². The van der Waals surface area contributed by atoms with Gasteiger partial charge in [0.2, 0.25) is 11.1 Å². The largest absolute Gasteiger partial charge is 0.497 e. The molecule has 10 heteroatoms. The molecule has 0 spiro atoms. The number of carbonyl (C=O) groups is 1. The van der Waals surface area contributed by atoms with Gasteiger partial charge >= 0.3 is 0 Å². The Morgan fingerprint density at radius 1 is 1.22 bits per heavy atom. The molecule has 4 rings (SSSR count). The Labute approximate surface area is 191 Å². The minimum atomic E-state index is -0.0805. The standard InChI is InChI=1S/C22H26N6O3S/c1-30-19-9-7-18(8-10-19)28-22(24-25-26-28)32-16-21(29)23-13-20-15-27(11-12-31-20)14-17-5-3-2-4-6-17/h2-10,20H,11-16H2,1H3,(H,23,29). The number of methoxy groups -OCH3 is 1. The molecule has 168 valence electrons. The zero-order valence-corrected chi connectivity index (χ0v) is 18.7. The van der Waals surface area contributed by atoms with Gasteiger partial charge in [0.05, 0.1) is 31.3 Å². The number of carbonyl (C=O) groups excluding carboxylic acids is 1. The van der Waals surface area contributed by atoms with Crippen LogP contribution in [0.15, 0.2) is 59.8 Å². The molecule has 9 nitrogen and oxygen atoms in total. The molecule has 2 aromatic carbocycles. The number of thioether (sulfide) groups is 1. The van der Waals surface area contributed by atoms with Crippen LogP contribution in [0.2, 0.25) is 0 Å². The fourth-order valence-electron chi connectivity index (χ4n) is 3.45. The number of ether oxygens (including phenoxy) is 2. The van der Waals surface area contributed by atoms with Crippen LogP contribution in [0.3, 0.4) is 0 Å². The topological polar surface area (TPSA) is 94.4 Å². The quantitative estimate of drug-likeness (QED) is 0.489. The van der Waals surface area contributed by atoms with Gasteiger partial charge < -0.3 is 14.8 Å². The summed E-state index contributed by atoms with van der Waals surface area (Å²) in [6.07, 6.45) is -0.0222. The maximum atomic E-state index is 12.4. The van der Waals surface area contributed by atoms with Crippen molar-refractivity contribution in [2.24, 2.45) is 0 Å². The number of nitrogens with zero attached hydrogens (tertiary/aromatic N) is 5. The lowest BCUT2D eigenvalue weighted by molar-refractivity contribution is -0.119. The Morgan fingerprint density at radius 3 is 2.81 bits per heavy atom. The first kappa shape index (κ1) is 22.3. The average molecular weight is 455 g/mol. The number of morpholine rings is 1. The van der Waals surface area contributed by atoms with Crippen molar-refractivity contribution in [2.45, 2.75) is 17.8 Å². The second kappa shape index (κ2) is 11.1. The Hall–Kier alpha value is -2.95. The monoisotopic (exact) mass is 454 g/mol. The van der Waals surface area contributed by atoms with Crippen LogP contribution in [-0.4, -0.2) is 76.2 Å². The van der Waals surface area contributed by atoms with Gasteiger partial charge in [0, 0.05) is 26.2 Å². The molecule has 2 heterocycles. The van der Waals surface area contributed by atoms with E-state index in [4.69, 9.17) is 9.47 Å². The molecule has 0 aliphatic carbocycles. The van der Waals surface area contributed by atoms with Crippen molar-refractivity contribution in [1.29, 1.82) is 0 Å². The van der Waals surface area contributed by atoms with Gasteiger partial charge in [-0.1, -0.05) is 42.1 Å². The summed E-state index contributed by atoms with van der Waals surface area (Å²) in [5.41, 5.74) is 2.08. The summed E-state index contributed by atoms with van der Waals surface area (Å²) in [7, 11) is 1.62. The fraction of sp³-hybridized carbons (Fsp3) is 0.364. The van der Waals surface area contributed by atoms with E-state index in [-0.39, 0.29) is 17.8 Å². The third-order valence-electron chi connectivity index (χ3n) is 5.09. The third-order valence-corrected chi connectivity index (χ3v) is 6.01. The van der Waals surface area contributed by atoms with Gasteiger partial charge in [0.1, 0.15) is 5.75 Å². The van der Waals surface area contributed by atoms with E-state index in [0.29, 0.717) is 18.3 Å². The number of nitrogens with one attached hydrogen (secondary N) is 1. The number of amides is 1. The maximum absolute atomic E-state index is 12.4. The van der Waals surface area contributed by atoms with Crippen molar-refractivity contribution < 1.29 is 14.3 Å². The molecule has 1 aromatic heterocycles. The highest BCUT2D eigenvalue weighted by Gasteiger charge is 2.21. The summed E-state index contributed by atoms with van der Waals surface area (Å²) in [4.78, 5) is 14.7. The zero-order valence-electron chi connectivity index (χ0n) is 17.9. The van der Waals surface area contributed by atoms with Gasteiger partial charge in [0.15, 0.2) is 0 Å². The summed E-state index contributed by atoms with van der Waals surface area (Å²) in [5, 5.41) is 15.3. The molecule has 3 aromatic rings. The van der Waals surface area contributed by atoms with Crippen LogP contribution >= 0.6 is 11.8 Å². The van der Waals surface area contributed by atoms with E-state index in [1.807, 2.05) is 30.3 Å². The lowest BCUT2D eigenvalue weighted by Gasteiger charge is -2.33. The van der Waals surface area contributed by atoms with Crippen molar-refractivity contribution in [3.63, 3.8) is 0 Å². The van der Waals surface area contributed by atoms with Crippen molar-refractivity contribution in [3.05, 3.63) is 60.2 Å². The van der Waals surface area contributed by atoms with Crippen LogP contribution < -0.4 is 10.1 Å². The Kier molecular flexibility index (Phi) is 7.70. The van der Waals surface area contributed by atoms with Crippen LogP contribution in [0.5, 0.6) is 5.75 Å². The van der Waals surface area contributed by atoms with E-state index in [0.717, 1.165) is 31.1 Å². The van der Waals surface area contributed by atoms with Gasteiger partial charge in [-0.25, -0.2) is 0 Å². The molecule has 1 saturated heterocycles.